The van der Waals surface area contributed by atoms with Crippen molar-refractivity contribution in [2.24, 2.45) is 5.16 Å². The second-order valence-corrected chi connectivity index (χ2v) is 4.89. The number of hydrogen-bond donors (Lipinski definition) is 0. The maximum Gasteiger partial charge on any atom is 0.137 e. The van der Waals surface area contributed by atoms with E-state index in [1.54, 1.807) is 7.11 Å². The van der Waals surface area contributed by atoms with Crippen LogP contribution >= 0.6 is 0 Å². The normalized spacial score (nSPS) is 17.4. The molecule has 1 aliphatic heterocycles. The maximum atomic E-state index is 5.54. The second kappa shape index (κ2) is 5.78. The third-order valence-corrected chi connectivity index (χ3v) is 3.46. The van der Waals surface area contributed by atoms with Gasteiger partial charge < -0.3 is 9.57 Å². The fraction of sp³-hybridized carbons (Fsp3) is 0.235. The predicted molar refractivity (Wildman–Crippen MR) is 79.2 cm³/mol. The van der Waals surface area contributed by atoms with Gasteiger partial charge in [-0.15, -0.1) is 0 Å². The van der Waals surface area contributed by atoms with Crippen molar-refractivity contribution < 1.29 is 9.57 Å². The molecule has 0 radical (unpaired) electrons. The van der Waals surface area contributed by atoms with Gasteiger partial charge in [0.05, 0.1) is 12.8 Å². The smallest absolute Gasteiger partial charge is 0.137 e. The van der Waals surface area contributed by atoms with Gasteiger partial charge in [-0.2, -0.15) is 0 Å². The van der Waals surface area contributed by atoms with Gasteiger partial charge in [0, 0.05) is 12.8 Å². The highest BCUT2D eigenvalue weighted by Crippen LogP contribution is 2.21. The Bertz CT molecular complexity index is 590. The Kier molecular flexibility index (Phi) is 3.68. The van der Waals surface area contributed by atoms with E-state index >= 15 is 0 Å². The summed E-state index contributed by atoms with van der Waals surface area (Å²) in [6.45, 7) is 0. The minimum Gasteiger partial charge on any atom is -0.497 e. The van der Waals surface area contributed by atoms with Crippen molar-refractivity contribution in [3.05, 3.63) is 65.7 Å². The molecule has 1 atom stereocenters. The Balaban J connectivity index is 1.63. The highest BCUT2D eigenvalue weighted by molar-refractivity contribution is 6.01. The molecule has 0 saturated heterocycles. The number of hydrogen-bond acceptors (Lipinski definition) is 3. The number of methoxy groups -OCH3 is 1. The highest BCUT2D eigenvalue weighted by Gasteiger charge is 2.22. The van der Waals surface area contributed by atoms with Crippen LogP contribution in [0, 0.1) is 0 Å². The molecule has 0 amide bonds. The van der Waals surface area contributed by atoms with E-state index in [0.29, 0.717) is 0 Å². The summed E-state index contributed by atoms with van der Waals surface area (Å²) >= 11 is 0. The van der Waals surface area contributed by atoms with E-state index in [9.17, 15) is 0 Å². The van der Waals surface area contributed by atoms with Gasteiger partial charge in [-0.05, 0) is 35.4 Å². The molecule has 2 aromatic rings. The van der Waals surface area contributed by atoms with Gasteiger partial charge in [0.2, 0.25) is 0 Å². The zero-order chi connectivity index (χ0) is 13.8. The number of ether oxygens (including phenoxy) is 1. The van der Waals surface area contributed by atoms with Crippen molar-refractivity contribution in [1.29, 1.82) is 0 Å². The van der Waals surface area contributed by atoms with Gasteiger partial charge in [0.1, 0.15) is 11.9 Å². The third-order valence-electron chi connectivity index (χ3n) is 3.46. The first-order valence-corrected chi connectivity index (χ1v) is 6.76. The van der Waals surface area contributed by atoms with Gasteiger partial charge in [-0.3, -0.25) is 0 Å². The molecule has 0 spiro atoms. The summed E-state index contributed by atoms with van der Waals surface area (Å²) in [4.78, 5) is 5.54. The molecule has 0 aromatic heterocycles. The maximum absolute atomic E-state index is 5.54. The van der Waals surface area contributed by atoms with Crippen molar-refractivity contribution in [2.45, 2.75) is 18.9 Å². The van der Waals surface area contributed by atoms with E-state index in [0.717, 1.165) is 29.9 Å². The number of rotatable bonds is 4. The van der Waals surface area contributed by atoms with Crippen LogP contribution in [0.4, 0.5) is 0 Å². The zero-order valence-corrected chi connectivity index (χ0v) is 11.5. The topological polar surface area (TPSA) is 30.8 Å². The molecule has 20 heavy (non-hydrogen) atoms. The van der Waals surface area contributed by atoms with Crippen LogP contribution in [-0.2, 0) is 11.3 Å². The molecule has 3 heteroatoms. The fourth-order valence-corrected chi connectivity index (χ4v) is 2.37. The Morgan fingerprint density at radius 2 is 1.85 bits per heavy atom. The SMILES string of the molecule is COc1ccc(C2=NO[C@H](Cc3ccccc3)C2)cc1. The van der Waals surface area contributed by atoms with E-state index in [1.165, 1.54) is 5.56 Å². The molecule has 102 valence electrons. The van der Waals surface area contributed by atoms with Crippen molar-refractivity contribution in [3.8, 4) is 5.75 Å². The standard InChI is InChI=1S/C17H17NO2/c1-19-15-9-7-14(8-10-15)17-12-16(20-18-17)11-13-5-3-2-4-6-13/h2-10,16H,11-12H2,1H3/t16-/m1/s1. The minimum absolute atomic E-state index is 0.134. The lowest BCUT2D eigenvalue weighted by molar-refractivity contribution is 0.0859. The van der Waals surface area contributed by atoms with Crippen molar-refractivity contribution in [1.82, 2.24) is 0 Å². The van der Waals surface area contributed by atoms with Crippen LogP contribution in [0.3, 0.4) is 0 Å². The van der Waals surface area contributed by atoms with Crippen LogP contribution in [0.1, 0.15) is 17.5 Å². The van der Waals surface area contributed by atoms with Crippen LogP contribution in [0.15, 0.2) is 59.8 Å². The van der Waals surface area contributed by atoms with E-state index in [1.807, 2.05) is 30.3 Å². The monoisotopic (exact) mass is 267 g/mol. The third kappa shape index (κ3) is 2.82. The first-order valence-electron chi connectivity index (χ1n) is 6.76. The summed E-state index contributed by atoms with van der Waals surface area (Å²) in [5.41, 5.74) is 3.39. The quantitative estimate of drug-likeness (QED) is 0.849. The zero-order valence-electron chi connectivity index (χ0n) is 11.5. The molecule has 0 aliphatic carbocycles. The molecule has 0 unspecified atom stereocenters. The lowest BCUT2D eigenvalue weighted by Gasteiger charge is -2.07. The minimum atomic E-state index is 0.134. The van der Waals surface area contributed by atoms with Gasteiger partial charge in [0.25, 0.3) is 0 Å². The summed E-state index contributed by atoms with van der Waals surface area (Å²) in [6.07, 6.45) is 1.88. The molecule has 1 aliphatic rings. The van der Waals surface area contributed by atoms with E-state index < -0.39 is 0 Å². The van der Waals surface area contributed by atoms with Crippen LogP contribution in [0.2, 0.25) is 0 Å². The predicted octanol–water partition coefficient (Wildman–Crippen LogP) is 3.43. The largest absolute Gasteiger partial charge is 0.497 e. The molecular formula is C17H17NO2. The van der Waals surface area contributed by atoms with E-state index in [4.69, 9.17) is 9.57 Å². The van der Waals surface area contributed by atoms with Gasteiger partial charge in [-0.1, -0.05) is 35.5 Å². The second-order valence-electron chi connectivity index (χ2n) is 4.89. The van der Waals surface area contributed by atoms with Crippen LogP contribution in [0.25, 0.3) is 0 Å². The average molecular weight is 267 g/mol. The van der Waals surface area contributed by atoms with Crippen molar-refractivity contribution >= 4 is 5.71 Å². The van der Waals surface area contributed by atoms with Gasteiger partial charge in [-0.25, -0.2) is 0 Å². The number of benzene rings is 2. The molecule has 2 aromatic carbocycles. The van der Waals surface area contributed by atoms with E-state index in [-0.39, 0.29) is 6.10 Å². The van der Waals surface area contributed by atoms with Gasteiger partial charge in [0.15, 0.2) is 0 Å². The first-order chi connectivity index (χ1) is 9.85. The molecule has 0 fully saturated rings. The van der Waals surface area contributed by atoms with Crippen LogP contribution in [0.5, 0.6) is 5.75 Å². The van der Waals surface area contributed by atoms with E-state index in [2.05, 4.69) is 29.4 Å². The Labute approximate surface area is 118 Å². The van der Waals surface area contributed by atoms with Gasteiger partial charge >= 0.3 is 0 Å². The lowest BCUT2D eigenvalue weighted by atomic mass is 10.0. The van der Waals surface area contributed by atoms with Crippen molar-refractivity contribution in [2.75, 3.05) is 7.11 Å². The molecule has 3 rings (SSSR count). The molecular weight excluding hydrogens is 250 g/mol. The fourth-order valence-electron chi connectivity index (χ4n) is 2.37. The Morgan fingerprint density at radius 1 is 1.10 bits per heavy atom. The summed E-state index contributed by atoms with van der Waals surface area (Å²) < 4.78 is 5.16. The number of oxime groups is 1. The molecule has 0 bridgehead atoms. The summed E-state index contributed by atoms with van der Waals surface area (Å²) in [5.74, 6) is 0.856. The molecule has 1 heterocycles. The molecule has 0 N–H and O–H groups in total. The molecule has 3 nitrogen and oxygen atoms in total. The van der Waals surface area contributed by atoms with Crippen LogP contribution < -0.4 is 4.74 Å². The average Bonchev–Trinajstić information content (AvgIpc) is 2.97. The summed E-state index contributed by atoms with van der Waals surface area (Å²) in [5, 5.41) is 4.21. The summed E-state index contributed by atoms with van der Waals surface area (Å²) in [6, 6.07) is 18.3. The summed E-state index contributed by atoms with van der Waals surface area (Å²) in [7, 11) is 1.67. The molecule has 0 saturated carbocycles. The number of nitrogens with zero attached hydrogens (tertiary/aromatic N) is 1. The highest BCUT2D eigenvalue weighted by atomic mass is 16.6. The Hall–Kier alpha value is -2.29. The Morgan fingerprint density at radius 3 is 2.55 bits per heavy atom. The first kappa shape index (κ1) is 12.7. The van der Waals surface area contributed by atoms with Crippen LogP contribution in [-0.4, -0.2) is 18.9 Å². The lowest BCUT2D eigenvalue weighted by Crippen LogP contribution is -2.11. The van der Waals surface area contributed by atoms with Crippen molar-refractivity contribution in [3.63, 3.8) is 0 Å².